The fourth-order valence-corrected chi connectivity index (χ4v) is 4.36. The van der Waals surface area contributed by atoms with Gasteiger partial charge in [0.1, 0.15) is 17.3 Å². The molecule has 1 N–H and O–H groups in total. The highest BCUT2D eigenvalue weighted by atomic mass is 16.5. The van der Waals surface area contributed by atoms with Crippen molar-refractivity contribution in [2.24, 2.45) is 0 Å². The molecule has 1 heterocycles. The van der Waals surface area contributed by atoms with Crippen molar-refractivity contribution in [3.8, 4) is 11.5 Å². The molecule has 34 heavy (non-hydrogen) atoms. The van der Waals surface area contributed by atoms with Crippen LogP contribution < -0.4 is 9.47 Å². The van der Waals surface area contributed by atoms with E-state index in [1.165, 1.54) is 7.11 Å². The molecular formula is C27H34N2O5. The SMILES string of the molecule is CCN(CC)CCCN1C(=O)C(=O)C(=C(O)c2ccc(C)cc2)[C@H]1c1cc(OC)ccc1OC. The van der Waals surface area contributed by atoms with Crippen LogP contribution in [0.5, 0.6) is 11.5 Å². The molecule has 7 heteroatoms. The molecule has 0 aliphatic carbocycles. The number of carbonyl (C=O) groups excluding carboxylic acids is 2. The highest BCUT2D eigenvalue weighted by molar-refractivity contribution is 6.46. The number of rotatable bonds is 10. The Hall–Kier alpha value is -3.32. The summed E-state index contributed by atoms with van der Waals surface area (Å²) in [4.78, 5) is 30.3. The molecule has 1 amide bonds. The van der Waals surface area contributed by atoms with Crippen LogP contribution in [-0.2, 0) is 9.59 Å². The predicted molar refractivity (Wildman–Crippen MR) is 132 cm³/mol. The van der Waals surface area contributed by atoms with Crippen LogP contribution in [0.2, 0.25) is 0 Å². The van der Waals surface area contributed by atoms with E-state index in [0.29, 0.717) is 35.6 Å². The fourth-order valence-electron chi connectivity index (χ4n) is 4.36. The van der Waals surface area contributed by atoms with Crippen molar-refractivity contribution in [3.63, 3.8) is 0 Å². The number of ketones is 1. The summed E-state index contributed by atoms with van der Waals surface area (Å²) >= 11 is 0. The lowest BCUT2D eigenvalue weighted by Crippen LogP contribution is -2.33. The first-order valence-corrected chi connectivity index (χ1v) is 11.7. The second-order valence-corrected chi connectivity index (χ2v) is 8.35. The lowest BCUT2D eigenvalue weighted by Gasteiger charge is -2.28. The molecular weight excluding hydrogens is 432 g/mol. The molecule has 1 aliphatic heterocycles. The topological polar surface area (TPSA) is 79.3 Å². The highest BCUT2D eigenvalue weighted by Gasteiger charge is 2.47. The van der Waals surface area contributed by atoms with Crippen LogP contribution in [0.15, 0.2) is 48.0 Å². The van der Waals surface area contributed by atoms with Gasteiger partial charge < -0.3 is 24.4 Å². The second-order valence-electron chi connectivity index (χ2n) is 8.35. The van der Waals surface area contributed by atoms with Crippen molar-refractivity contribution < 1.29 is 24.2 Å². The largest absolute Gasteiger partial charge is 0.507 e. The molecule has 0 unspecified atom stereocenters. The van der Waals surface area contributed by atoms with Crippen LogP contribution in [0.1, 0.15) is 43.0 Å². The Balaban J connectivity index is 2.13. The summed E-state index contributed by atoms with van der Waals surface area (Å²) in [5, 5.41) is 11.2. The van der Waals surface area contributed by atoms with Gasteiger partial charge in [0.2, 0.25) is 0 Å². The van der Waals surface area contributed by atoms with E-state index in [4.69, 9.17) is 9.47 Å². The van der Waals surface area contributed by atoms with Crippen molar-refractivity contribution in [1.82, 2.24) is 9.80 Å². The average Bonchev–Trinajstić information content (AvgIpc) is 3.11. The van der Waals surface area contributed by atoms with Gasteiger partial charge in [-0.2, -0.15) is 0 Å². The molecule has 1 aliphatic rings. The molecule has 0 bridgehead atoms. The fraction of sp³-hybridized carbons (Fsp3) is 0.407. The molecule has 3 rings (SSSR count). The third-order valence-corrected chi connectivity index (χ3v) is 6.36. The number of methoxy groups -OCH3 is 2. The summed E-state index contributed by atoms with van der Waals surface area (Å²) in [6, 6.07) is 11.7. The maximum Gasteiger partial charge on any atom is 0.295 e. The van der Waals surface area contributed by atoms with Gasteiger partial charge in [0.25, 0.3) is 11.7 Å². The van der Waals surface area contributed by atoms with E-state index < -0.39 is 17.7 Å². The third-order valence-electron chi connectivity index (χ3n) is 6.36. The van der Waals surface area contributed by atoms with Crippen molar-refractivity contribution in [2.45, 2.75) is 33.2 Å². The normalized spacial score (nSPS) is 17.5. The minimum Gasteiger partial charge on any atom is -0.507 e. The highest BCUT2D eigenvalue weighted by Crippen LogP contribution is 2.43. The Morgan fingerprint density at radius 3 is 2.29 bits per heavy atom. The number of aliphatic hydroxyl groups excluding tert-OH is 1. The summed E-state index contributed by atoms with van der Waals surface area (Å²) in [5.41, 5.74) is 2.17. The Labute approximate surface area is 201 Å². The number of aryl methyl sites for hydroxylation is 1. The molecule has 0 spiro atoms. The Morgan fingerprint density at radius 1 is 1.03 bits per heavy atom. The first kappa shape index (κ1) is 25.3. The molecule has 2 aromatic rings. The van der Waals surface area contributed by atoms with Crippen molar-refractivity contribution in [3.05, 3.63) is 64.7 Å². The van der Waals surface area contributed by atoms with Crippen LogP contribution in [0.25, 0.3) is 5.76 Å². The minimum absolute atomic E-state index is 0.0586. The number of nitrogens with zero attached hydrogens (tertiary/aromatic N) is 2. The van der Waals surface area contributed by atoms with Crippen LogP contribution >= 0.6 is 0 Å². The lowest BCUT2D eigenvalue weighted by molar-refractivity contribution is -0.140. The molecule has 0 radical (unpaired) electrons. The zero-order chi connectivity index (χ0) is 24.8. The summed E-state index contributed by atoms with van der Waals surface area (Å²) in [6.07, 6.45) is 0.696. The Kier molecular flexibility index (Phi) is 8.34. The van der Waals surface area contributed by atoms with Gasteiger partial charge in [-0.05, 0) is 51.2 Å². The van der Waals surface area contributed by atoms with E-state index in [1.807, 2.05) is 19.1 Å². The molecule has 0 aromatic heterocycles. The third kappa shape index (κ3) is 5.09. The summed E-state index contributed by atoms with van der Waals surface area (Å²) in [7, 11) is 3.09. The number of likely N-dealkylation sites (tertiary alicyclic amines) is 1. The van der Waals surface area contributed by atoms with E-state index in [-0.39, 0.29) is 11.3 Å². The lowest BCUT2D eigenvalue weighted by atomic mass is 9.94. The number of ether oxygens (including phenoxy) is 2. The van der Waals surface area contributed by atoms with Gasteiger partial charge >= 0.3 is 0 Å². The Morgan fingerprint density at radius 2 is 1.71 bits per heavy atom. The summed E-state index contributed by atoms with van der Waals surface area (Å²) in [5.74, 6) is -0.436. The van der Waals surface area contributed by atoms with Crippen molar-refractivity contribution in [1.29, 1.82) is 0 Å². The van der Waals surface area contributed by atoms with Gasteiger partial charge in [-0.15, -0.1) is 0 Å². The number of aliphatic hydroxyl groups is 1. The number of benzene rings is 2. The molecule has 2 aromatic carbocycles. The van der Waals surface area contributed by atoms with Crippen molar-refractivity contribution >= 4 is 17.4 Å². The number of amides is 1. The molecule has 1 fully saturated rings. The first-order chi connectivity index (χ1) is 16.4. The number of Topliss-reactive ketones (excluding diaryl/α,β-unsaturated/α-hetero) is 1. The minimum atomic E-state index is -0.789. The van der Waals surface area contributed by atoms with E-state index in [2.05, 4.69) is 18.7 Å². The molecule has 7 nitrogen and oxygen atoms in total. The number of carbonyl (C=O) groups is 2. The van der Waals surface area contributed by atoms with Gasteiger partial charge in [0.05, 0.1) is 25.8 Å². The zero-order valence-electron chi connectivity index (χ0n) is 20.6. The number of hydrogen-bond donors (Lipinski definition) is 1. The Bertz CT molecular complexity index is 1060. The van der Waals surface area contributed by atoms with Gasteiger partial charge in [-0.3, -0.25) is 9.59 Å². The van der Waals surface area contributed by atoms with E-state index in [0.717, 1.165) is 25.2 Å². The van der Waals surface area contributed by atoms with Gasteiger partial charge in [-0.25, -0.2) is 0 Å². The average molecular weight is 467 g/mol. The van der Waals surface area contributed by atoms with Gasteiger partial charge in [-0.1, -0.05) is 43.7 Å². The smallest absolute Gasteiger partial charge is 0.295 e. The zero-order valence-corrected chi connectivity index (χ0v) is 20.6. The van der Waals surface area contributed by atoms with Crippen molar-refractivity contribution in [2.75, 3.05) is 40.4 Å². The summed E-state index contributed by atoms with van der Waals surface area (Å²) in [6.45, 7) is 9.13. The predicted octanol–water partition coefficient (Wildman–Crippen LogP) is 4.17. The first-order valence-electron chi connectivity index (χ1n) is 11.7. The van der Waals surface area contributed by atoms with Crippen LogP contribution in [0.3, 0.4) is 0 Å². The van der Waals surface area contributed by atoms with E-state index in [9.17, 15) is 14.7 Å². The summed E-state index contributed by atoms with van der Waals surface area (Å²) < 4.78 is 11.0. The maximum atomic E-state index is 13.3. The van der Waals surface area contributed by atoms with Crippen LogP contribution in [0, 0.1) is 6.92 Å². The van der Waals surface area contributed by atoms with Crippen LogP contribution in [0.4, 0.5) is 0 Å². The molecule has 1 saturated heterocycles. The van der Waals surface area contributed by atoms with Gasteiger partial charge in [0, 0.05) is 17.7 Å². The molecule has 182 valence electrons. The standard InChI is InChI=1S/C27H34N2O5/c1-6-28(7-2)15-8-16-29-24(21-17-20(33-4)13-14-22(21)34-5)23(26(31)27(29)32)25(30)19-11-9-18(3)10-12-19/h9-14,17,24,30H,6-8,15-16H2,1-5H3/t24-/m1/s1. The second kappa shape index (κ2) is 11.2. The molecule has 0 saturated carbocycles. The van der Waals surface area contributed by atoms with E-state index >= 15 is 0 Å². The quantitative estimate of drug-likeness (QED) is 0.322. The maximum absolute atomic E-state index is 13.3. The number of hydrogen-bond acceptors (Lipinski definition) is 6. The van der Waals surface area contributed by atoms with E-state index in [1.54, 1.807) is 42.3 Å². The van der Waals surface area contributed by atoms with Crippen LogP contribution in [-0.4, -0.2) is 67.0 Å². The monoisotopic (exact) mass is 466 g/mol. The van der Waals surface area contributed by atoms with Gasteiger partial charge in [0.15, 0.2) is 0 Å². The molecule has 1 atom stereocenters.